The van der Waals surface area contributed by atoms with Gasteiger partial charge >= 0.3 is 0 Å². The number of thioether (sulfide) groups is 1. The molecule has 2 aromatic rings. The van der Waals surface area contributed by atoms with E-state index < -0.39 is 0 Å². The number of nitrogens with one attached hydrogen (secondary N) is 1. The first kappa shape index (κ1) is 17.5. The quantitative estimate of drug-likeness (QED) is 0.620. The van der Waals surface area contributed by atoms with Crippen LogP contribution in [0.5, 0.6) is 0 Å². The molecule has 0 atom stereocenters. The summed E-state index contributed by atoms with van der Waals surface area (Å²) in [5, 5.41) is 14.5. The van der Waals surface area contributed by atoms with Gasteiger partial charge in [-0.15, -0.1) is 5.10 Å². The molecule has 1 aliphatic heterocycles. The van der Waals surface area contributed by atoms with Gasteiger partial charge in [-0.3, -0.25) is 9.69 Å². The molecule has 0 spiro atoms. The highest BCUT2D eigenvalue weighted by Crippen LogP contribution is 2.17. The van der Waals surface area contributed by atoms with Gasteiger partial charge in [0.25, 0.3) is 0 Å². The SMILES string of the molecule is Cn1nnnc1SCC(=O)NCC#CCN1CCc2ccccc2C1. The zero-order chi connectivity index (χ0) is 17.5. The summed E-state index contributed by atoms with van der Waals surface area (Å²) in [6.45, 7) is 3.06. The number of tetrazole rings is 1. The minimum Gasteiger partial charge on any atom is -0.344 e. The molecule has 0 radical (unpaired) electrons. The van der Waals surface area contributed by atoms with Gasteiger partial charge in [0.1, 0.15) is 0 Å². The second kappa shape index (κ2) is 8.65. The Hall–Kier alpha value is -2.37. The van der Waals surface area contributed by atoms with Crippen molar-refractivity contribution >= 4 is 17.7 Å². The van der Waals surface area contributed by atoms with E-state index in [9.17, 15) is 4.79 Å². The number of hydrogen-bond acceptors (Lipinski definition) is 6. The average Bonchev–Trinajstić information content (AvgIpc) is 3.04. The first-order valence-electron chi connectivity index (χ1n) is 8.09. The minimum absolute atomic E-state index is 0.0748. The fraction of sp³-hybridized carbons (Fsp3) is 0.412. The van der Waals surface area contributed by atoms with Gasteiger partial charge in [-0.05, 0) is 28.0 Å². The number of amides is 1. The molecule has 0 bridgehead atoms. The largest absolute Gasteiger partial charge is 0.344 e. The Morgan fingerprint density at radius 2 is 2.16 bits per heavy atom. The fourth-order valence-electron chi connectivity index (χ4n) is 2.59. The van der Waals surface area contributed by atoms with Crippen LogP contribution in [0.1, 0.15) is 11.1 Å². The van der Waals surface area contributed by atoms with Crippen LogP contribution in [-0.2, 0) is 24.8 Å². The van der Waals surface area contributed by atoms with Gasteiger partial charge in [-0.1, -0.05) is 47.9 Å². The number of hydrogen-bond donors (Lipinski definition) is 1. The summed E-state index contributed by atoms with van der Waals surface area (Å²) in [4.78, 5) is 14.1. The molecule has 1 amide bonds. The second-order valence-electron chi connectivity index (χ2n) is 5.73. The molecule has 7 nitrogen and oxygen atoms in total. The lowest BCUT2D eigenvalue weighted by molar-refractivity contribution is -0.118. The number of aryl methyl sites for hydroxylation is 1. The molecule has 0 fully saturated rings. The van der Waals surface area contributed by atoms with Crippen LogP contribution in [0.4, 0.5) is 0 Å². The van der Waals surface area contributed by atoms with E-state index in [-0.39, 0.29) is 11.7 Å². The van der Waals surface area contributed by atoms with Gasteiger partial charge < -0.3 is 5.32 Å². The molecule has 25 heavy (non-hydrogen) atoms. The Morgan fingerprint density at radius 1 is 1.32 bits per heavy atom. The molecule has 1 aromatic carbocycles. The molecule has 2 heterocycles. The molecule has 1 aliphatic rings. The normalized spacial score (nSPS) is 13.6. The van der Waals surface area contributed by atoms with Gasteiger partial charge in [0, 0.05) is 20.1 Å². The predicted octanol–water partition coefficient (Wildman–Crippen LogP) is 0.480. The predicted molar refractivity (Wildman–Crippen MR) is 95.7 cm³/mol. The van der Waals surface area contributed by atoms with Crippen molar-refractivity contribution in [1.29, 1.82) is 0 Å². The summed E-state index contributed by atoms with van der Waals surface area (Å²) in [6, 6.07) is 8.55. The lowest BCUT2D eigenvalue weighted by Gasteiger charge is -2.26. The fourth-order valence-corrected chi connectivity index (χ4v) is 3.27. The molecule has 8 heteroatoms. The van der Waals surface area contributed by atoms with Crippen molar-refractivity contribution < 1.29 is 4.79 Å². The summed E-state index contributed by atoms with van der Waals surface area (Å²) in [7, 11) is 1.74. The van der Waals surface area contributed by atoms with Crippen molar-refractivity contribution in [3.05, 3.63) is 35.4 Å². The zero-order valence-electron chi connectivity index (χ0n) is 14.1. The Labute approximate surface area is 151 Å². The molecular formula is C17H20N6OS. The smallest absolute Gasteiger partial charge is 0.231 e. The molecule has 0 saturated carbocycles. The minimum atomic E-state index is -0.0748. The van der Waals surface area contributed by atoms with E-state index in [0.717, 1.165) is 26.1 Å². The number of carbonyl (C=O) groups excluding carboxylic acids is 1. The number of aromatic nitrogens is 4. The average molecular weight is 356 g/mol. The molecule has 130 valence electrons. The van der Waals surface area contributed by atoms with Crippen molar-refractivity contribution in [2.45, 2.75) is 18.1 Å². The maximum atomic E-state index is 11.8. The van der Waals surface area contributed by atoms with Crippen LogP contribution < -0.4 is 5.32 Å². The summed E-state index contributed by atoms with van der Waals surface area (Å²) >= 11 is 1.30. The Bertz CT molecular complexity index is 794. The van der Waals surface area contributed by atoms with Gasteiger partial charge in [0.15, 0.2) is 0 Å². The molecular weight excluding hydrogens is 336 g/mol. The molecule has 3 rings (SSSR count). The summed E-state index contributed by atoms with van der Waals surface area (Å²) in [5.41, 5.74) is 2.83. The lowest BCUT2D eigenvalue weighted by atomic mass is 10.0. The van der Waals surface area contributed by atoms with Gasteiger partial charge in [-0.2, -0.15) is 0 Å². The number of carbonyl (C=O) groups is 1. The van der Waals surface area contributed by atoms with Crippen LogP contribution >= 0.6 is 11.8 Å². The molecule has 1 N–H and O–H groups in total. The van der Waals surface area contributed by atoms with E-state index in [0.29, 0.717) is 11.7 Å². The first-order valence-corrected chi connectivity index (χ1v) is 9.07. The number of fused-ring (bicyclic) bond motifs is 1. The highest BCUT2D eigenvalue weighted by Gasteiger charge is 2.14. The van der Waals surface area contributed by atoms with Crippen LogP contribution in [0.25, 0.3) is 0 Å². The van der Waals surface area contributed by atoms with E-state index in [1.165, 1.54) is 27.6 Å². The van der Waals surface area contributed by atoms with Crippen molar-refractivity contribution in [3.8, 4) is 11.8 Å². The second-order valence-corrected chi connectivity index (χ2v) is 6.68. The highest BCUT2D eigenvalue weighted by molar-refractivity contribution is 7.99. The van der Waals surface area contributed by atoms with Crippen molar-refractivity contribution in [2.24, 2.45) is 7.05 Å². The molecule has 0 aliphatic carbocycles. The summed E-state index contributed by atoms with van der Waals surface area (Å²) in [5.74, 6) is 6.35. The van der Waals surface area contributed by atoms with Crippen molar-refractivity contribution in [3.63, 3.8) is 0 Å². The van der Waals surface area contributed by atoms with Crippen molar-refractivity contribution in [1.82, 2.24) is 30.4 Å². The Kier molecular flexibility index (Phi) is 6.04. The lowest BCUT2D eigenvalue weighted by Crippen LogP contribution is -2.31. The van der Waals surface area contributed by atoms with E-state index in [1.54, 1.807) is 7.05 Å². The van der Waals surface area contributed by atoms with E-state index >= 15 is 0 Å². The number of benzene rings is 1. The third-order valence-electron chi connectivity index (χ3n) is 3.92. The molecule has 0 saturated heterocycles. The van der Waals surface area contributed by atoms with Crippen LogP contribution in [0.3, 0.4) is 0 Å². The van der Waals surface area contributed by atoms with Crippen molar-refractivity contribution in [2.75, 3.05) is 25.4 Å². The van der Waals surface area contributed by atoms with Crippen LogP contribution in [0, 0.1) is 11.8 Å². The Morgan fingerprint density at radius 3 is 2.96 bits per heavy atom. The first-order chi connectivity index (χ1) is 12.2. The standard InChI is InChI=1S/C17H20N6OS/c1-22-17(19-20-21-22)25-13-16(24)18-9-4-5-10-23-11-8-14-6-2-3-7-15(14)12-23/h2-3,6-7H,8-13H2,1H3,(H,18,24). The van der Waals surface area contributed by atoms with Crippen LogP contribution in [0.2, 0.25) is 0 Å². The van der Waals surface area contributed by atoms with Crippen LogP contribution in [-0.4, -0.2) is 56.4 Å². The highest BCUT2D eigenvalue weighted by atomic mass is 32.2. The molecule has 0 unspecified atom stereocenters. The number of rotatable bonds is 5. The van der Waals surface area contributed by atoms with Gasteiger partial charge in [-0.25, -0.2) is 4.68 Å². The third-order valence-corrected chi connectivity index (χ3v) is 4.94. The third kappa shape index (κ3) is 5.05. The maximum absolute atomic E-state index is 11.8. The van der Waals surface area contributed by atoms with Gasteiger partial charge in [0.2, 0.25) is 11.1 Å². The number of nitrogens with zero attached hydrogens (tertiary/aromatic N) is 5. The van der Waals surface area contributed by atoms with Crippen LogP contribution in [0.15, 0.2) is 29.4 Å². The summed E-state index contributed by atoms with van der Waals surface area (Å²) in [6.07, 6.45) is 1.07. The van der Waals surface area contributed by atoms with E-state index in [2.05, 4.69) is 61.8 Å². The maximum Gasteiger partial charge on any atom is 0.231 e. The molecule has 1 aromatic heterocycles. The zero-order valence-corrected chi connectivity index (χ0v) is 14.9. The van der Waals surface area contributed by atoms with E-state index in [1.807, 2.05) is 0 Å². The summed E-state index contributed by atoms with van der Waals surface area (Å²) < 4.78 is 1.54. The van der Waals surface area contributed by atoms with Gasteiger partial charge in [0.05, 0.1) is 18.8 Å². The monoisotopic (exact) mass is 356 g/mol. The van der Waals surface area contributed by atoms with E-state index in [4.69, 9.17) is 0 Å². The Balaban J connectivity index is 1.35. The topological polar surface area (TPSA) is 75.9 Å².